The Bertz CT molecular complexity index is 566. The molecule has 3 rings (SSSR count). The molecule has 1 saturated heterocycles. The first-order chi connectivity index (χ1) is 8.20. The molecule has 16 heavy (non-hydrogen) atoms. The van der Waals surface area contributed by atoms with Gasteiger partial charge in [-0.1, -0.05) is 0 Å². The molecule has 3 nitrogen and oxygen atoms in total. The molecule has 0 N–H and O–H groups in total. The van der Waals surface area contributed by atoms with E-state index in [2.05, 4.69) is 4.98 Å². The maximum atomic E-state index is 13.8. The number of thiophene rings is 1. The maximum Gasteiger partial charge on any atom is 0.159 e. The monoisotopic (exact) mass is 261 g/mol. The van der Waals surface area contributed by atoms with E-state index in [0.29, 0.717) is 22.7 Å². The summed E-state index contributed by atoms with van der Waals surface area (Å²) in [6.07, 6.45) is 1.09. The van der Waals surface area contributed by atoms with E-state index in [4.69, 9.17) is 17.7 Å². The minimum Gasteiger partial charge on any atom is -0.376 e. The second-order valence-corrected chi connectivity index (χ2v) is 4.79. The molecule has 1 fully saturated rings. The smallest absolute Gasteiger partial charge is 0.159 e. The Balaban J connectivity index is 2.09. The van der Waals surface area contributed by atoms with Crippen molar-refractivity contribution in [2.75, 3.05) is 6.61 Å². The van der Waals surface area contributed by atoms with Gasteiger partial charge in [-0.25, -0.2) is 9.37 Å². The van der Waals surface area contributed by atoms with Crippen LogP contribution in [0.3, 0.4) is 0 Å². The molecule has 0 saturated carbocycles. The van der Waals surface area contributed by atoms with Crippen molar-refractivity contribution < 1.29 is 10.5 Å². The number of ether oxygens (including phenoxy) is 1. The highest BCUT2D eigenvalue weighted by molar-refractivity contribution is 7.16. The molecule has 0 spiro atoms. The molecule has 0 bridgehead atoms. The molecule has 2 aromatic heterocycles. The molecule has 86 valence electrons. The van der Waals surface area contributed by atoms with E-state index >= 15 is 0 Å². The number of halogens is 2. The zero-order valence-corrected chi connectivity index (χ0v) is 9.95. The summed E-state index contributed by atoms with van der Waals surface area (Å²) >= 11 is 6.85. The van der Waals surface area contributed by atoms with E-state index < -0.39 is 5.82 Å². The first-order valence-electron chi connectivity index (χ1n) is 5.52. The van der Waals surface area contributed by atoms with Crippen LogP contribution < -0.4 is 0 Å². The van der Waals surface area contributed by atoms with Crippen LogP contribution in [0.1, 0.15) is 13.6 Å². The lowest BCUT2D eigenvalue weighted by atomic mass is 10.2. The number of hydrogen-bond donors (Lipinski definition) is 0. The predicted octanol–water partition coefficient (Wildman–Crippen LogP) is 2.76. The zero-order valence-electron chi connectivity index (χ0n) is 9.37. The molecule has 3 heterocycles. The van der Waals surface area contributed by atoms with Gasteiger partial charge in [0.2, 0.25) is 0 Å². The fourth-order valence-electron chi connectivity index (χ4n) is 1.83. The number of alkyl halides is 1. The van der Waals surface area contributed by atoms with Crippen molar-refractivity contribution in [3.8, 4) is 0 Å². The summed E-state index contributed by atoms with van der Waals surface area (Å²) < 4.78 is 28.4. The van der Waals surface area contributed by atoms with Crippen LogP contribution in [-0.2, 0) is 17.2 Å². The minimum absolute atomic E-state index is 0.0769. The normalized spacial score (nSPS) is 21.1. The Kier molecular flexibility index (Phi) is 2.33. The summed E-state index contributed by atoms with van der Waals surface area (Å²) in [5.41, 5.74) is 0.395. The van der Waals surface area contributed by atoms with Gasteiger partial charge in [0.15, 0.2) is 5.82 Å². The number of rotatable bonds is 3. The van der Waals surface area contributed by atoms with Crippen LogP contribution in [0.2, 0.25) is 0 Å². The van der Waals surface area contributed by atoms with Gasteiger partial charge < -0.3 is 9.30 Å². The van der Waals surface area contributed by atoms with Crippen molar-refractivity contribution >= 4 is 33.3 Å². The van der Waals surface area contributed by atoms with Crippen LogP contribution in [0.4, 0.5) is 4.39 Å². The lowest BCUT2D eigenvalue weighted by Crippen LogP contribution is -2.31. The molecule has 0 unspecified atom stereocenters. The Hall–Kier alpha value is -0.650. The largest absolute Gasteiger partial charge is 0.376 e. The van der Waals surface area contributed by atoms with Gasteiger partial charge in [0.1, 0.15) is 16.2 Å². The first kappa shape index (κ1) is 9.39. The van der Waals surface area contributed by atoms with E-state index in [1.54, 1.807) is 4.57 Å². The van der Waals surface area contributed by atoms with Crippen molar-refractivity contribution in [1.29, 1.82) is 0 Å². The number of nitrogens with zero attached hydrogens (tertiary/aromatic N) is 2. The van der Waals surface area contributed by atoms with Gasteiger partial charge >= 0.3 is 0 Å². The van der Waals surface area contributed by atoms with Crippen LogP contribution in [0.5, 0.6) is 0 Å². The summed E-state index contributed by atoms with van der Waals surface area (Å²) in [7, 11) is 0. The topological polar surface area (TPSA) is 27.1 Å². The standard InChI is InChI=1S/C10H10ClFN2OS/c11-3-8-13-10-9(7(12)5-16-10)14(8)4-6-1-2-15-6/h5-6H,1-4H2/t6-/m0/s1/i5D. The zero-order chi connectivity index (χ0) is 12.0. The number of imidazole rings is 1. The highest BCUT2D eigenvalue weighted by Gasteiger charge is 2.23. The van der Waals surface area contributed by atoms with Crippen molar-refractivity contribution in [2.24, 2.45) is 0 Å². The third-order valence-electron chi connectivity index (χ3n) is 2.76. The molecular weight excluding hydrogens is 251 g/mol. The van der Waals surface area contributed by atoms with Crippen molar-refractivity contribution in [3.05, 3.63) is 17.0 Å². The number of aromatic nitrogens is 2. The summed E-state index contributed by atoms with van der Waals surface area (Å²) in [5, 5.41) is -0.0769. The van der Waals surface area contributed by atoms with E-state index in [1.165, 1.54) is 0 Å². The molecule has 0 radical (unpaired) electrons. The average Bonchev–Trinajstić information content (AvgIpc) is 2.72. The third kappa shape index (κ3) is 1.54. The summed E-state index contributed by atoms with van der Waals surface area (Å²) in [6.45, 7) is 1.32. The van der Waals surface area contributed by atoms with Crippen molar-refractivity contribution in [2.45, 2.75) is 24.9 Å². The van der Waals surface area contributed by atoms with Crippen LogP contribution in [0.25, 0.3) is 10.3 Å². The Labute approximate surface area is 102 Å². The van der Waals surface area contributed by atoms with Gasteiger partial charge in [0.05, 0.1) is 19.9 Å². The highest BCUT2D eigenvalue weighted by Crippen LogP contribution is 2.28. The van der Waals surface area contributed by atoms with Crippen LogP contribution in [0.15, 0.2) is 5.36 Å². The second-order valence-electron chi connectivity index (χ2n) is 3.73. The van der Waals surface area contributed by atoms with Gasteiger partial charge in [-0.15, -0.1) is 22.9 Å². The molecule has 2 aromatic rings. The van der Waals surface area contributed by atoms with Crippen LogP contribution >= 0.6 is 22.9 Å². The molecule has 1 aliphatic rings. The molecule has 0 aliphatic carbocycles. The Morgan fingerprint density at radius 1 is 1.81 bits per heavy atom. The summed E-state index contributed by atoms with van der Waals surface area (Å²) in [4.78, 5) is 4.80. The van der Waals surface area contributed by atoms with E-state index in [1.807, 2.05) is 0 Å². The molecular formula is C10H10ClFN2OS. The van der Waals surface area contributed by atoms with Crippen molar-refractivity contribution in [3.63, 3.8) is 0 Å². The third-order valence-corrected chi connectivity index (χ3v) is 3.76. The fraction of sp³-hybridized carbons (Fsp3) is 0.500. The Morgan fingerprint density at radius 2 is 2.62 bits per heavy atom. The fourth-order valence-corrected chi connectivity index (χ4v) is 2.77. The van der Waals surface area contributed by atoms with Crippen LogP contribution in [-0.4, -0.2) is 22.3 Å². The lowest BCUT2D eigenvalue weighted by molar-refractivity contribution is -0.0589. The SMILES string of the molecule is [2H]c1sc2nc(CCl)n(C[C@@H]3CCO3)c2c1F. The van der Waals surface area contributed by atoms with Gasteiger partial charge in [-0.3, -0.25) is 0 Å². The van der Waals surface area contributed by atoms with E-state index in [9.17, 15) is 4.39 Å². The molecule has 6 heteroatoms. The predicted molar refractivity (Wildman–Crippen MR) is 61.5 cm³/mol. The lowest BCUT2D eigenvalue weighted by Gasteiger charge is -2.27. The van der Waals surface area contributed by atoms with Crippen molar-refractivity contribution in [1.82, 2.24) is 9.55 Å². The van der Waals surface area contributed by atoms with Gasteiger partial charge in [-0.05, 0) is 6.42 Å². The molecule has 0 amide bonds. The second kappa shape index (κ2) is 3.98. The molecule has 1 aliphatic heterocycles. The Morgan fingerprint density at radius 3 is 3.25 bits per heavy atom. The van der Waals surface area contributed by atoms with E-state index in [-0.39, 0.29) is 17.3 Å². The number of fused-ring (bicyclic) bond motifs is 1. The molecule has 1 atom stereocenters. The molecule has 0 aromatic carbocycles. The highest BCUT2D eigenvalue weighted by atomic mass is 35.5. The van der Waals surface area contributed by atoms with Gasteiger partial charge in [0.25, 0.3) is 0 Å². The summed E-state index contributed by atoms with van der Waals surface area (Å²) in [5.74, 6) is 0.372. The minimum atomic E-state index is -0.506. The maximum absolute atomic E-state index is 13.8. The number of hydrogen-bond acceptors (Lipinski definition) is 3. The van der Waals surface area contributed by atoms with E-state index in [0.717, 1.165) is 24.4 Å². The first-order valence-corrected chi connectivity index (χ1v) is 6.37. The van der Waals surface area contributed by atoms with Gasteiger partial charge in [0, 0.05) is 12.0 Å². The quantitative estimate of drug-likeness (QED) is 0.795. The van der Waals surface area contributed by atoms with Gasteiger partial charge in [-0.2, -0.15) is 0 Å². The van der Waals surface area contributed by atoms with Crippen LogP contribution in [0, 0.1) is 5.82 Å². The average molecular weight is 262 g/mol. The summed E-state index contributed by atoms with van der Waals surface area (Å²) in [6, 6.07) is 0.